The van der Waals surface area contributed by atoms with Gasteiger partial charge in [-0.25, -0.2) is 0 Å². The lowest BCUT2D eigenvalue weighted by Crippen LogP contribution is -2.45. The van der Waals surface area contributed by atoms with Crippen LogP contribution in [0.3, 0.4) is 0 Å². The van der Waals surface area contributed by atoms with Crippen molar-refractivity contribution in [2.75, 3.05) is 19.6 Å². The van der Waals surface area contributed by atoms with Crippen LogP contribution in [0.1, 0.15) is 36.8 Å². The molecule has 0 unspecified atom stereocenters. The summed E-state index contributed by atoms with van der Waals surface area (Å²) in [4.78, 5) is 14.1. The molecule has 2 fully saturated rings. The molecular formula is C18H23F3N2O. The highest BCUT2D eigenvalue weighted by atomic mass is 19.4. The number of hydrogen-bond donors (Lipinski definition) is 1. The van der Waals surface area contributed by atoms with Gasteiger partial charge in [0.15, 0.2) is 0 Å². The van der Waals surface area contributed by atoms with Gasteiger partial charge in [-0.05, 0) is 55.8 Å². The molecule has 1 N–H and O–H groups in total. The average molecular weight is 340 g/mol. The number of nitrogens with one attached hydrogen (secondary N) is 1. The van der Waals surface area contributed by atoms with Crippen LogP contribution >= 0.6 is 0 Å². The van der Waals surface area contributed by atoms with Crippen LogP contribution < -0.4 is 5.32 Å². The maximum atomic E-state index is 12.5. The number of hydrogen-bond acceptors (Lipinski definition) is 2. The molecule has 3 rings (SSSR count). The SMILES string of the molecule is O=C(Cc1ccc(C(F)(F)F)cc1)N1CCC(NCC2CC2)CC1. The lowest BCUT2D eigenvalue weighted by molar-refractivity contribution is -0.137. The first-order chi connectivity index (χ1) is 11.4. The summed E-state index contributed by atoms with van der Waals surface area (Å²) < 4.78 is 37.6. The smallest absolute Gasteiger partial charge is 0.342 e. The zero-order chi connectivity index (χ0) is 17.2. The molecule has 1 aromatic carbocycles. The second-order valence-electron chi connectivity index (χ2n) is 6.88. The van der Waals surface area contributed by atoms with E-state index >= 15 is 0 Å². The minimum Gasteiger partial charge on any atom is -0.342 e. The van der Waals surface area contributed by atoms with E-state index in [1.807, 2.05) is 4.90 Å². The Bertz CT molecular complexity index is 559. The third-order valence-corrected chi connectivity index (χ3v) is 4.88. The van der Waals surface area contributed by atoms with Crippen molar-refractivity contribution >= 4 is 5.91 Å². The van der Waals surface area contributed by atoms with E-state index in [0.717, 1.165) is 50.5 Å². The van der Waals surface area contributed by atoms with Gasteiger partial charge in [0.1, 0.15) is 0 Å². The predicted molar refractivity (Wildman–Crippen MR) is 85.5 cm³/mol. The fourth-order valence-electron chi connectivity index (χ4n) is 3.09. The number of alkyl halides is 3. The molecule has 1 amide bonds. The monoisotopic (exact) mass is 340 g/mol. The first-order valence-electron chi connectivity index (χ1n) is 8.59. The fraction of sp³-hybridized carbons (Fsp3) is 0.611. The van der Waals surface area contributed by atoms with Crippen LogP contribution in [0.4, 0.5) is 13.2 Å². The number of halogens is 3. The minimum absolute atomic E-state index is 0.00426. The quantitative estimate of drug-likeness (QED) is 0.892. The van der Waals surface area contributed by atoms with E-state index in [2.05, 4.69) is 5.32 Å². The summed E-state index contributed by atoms with van der Waals surface area (Å²) in [6.07, 6.45) is 0.391. The van der Waals surface area contributed by atoms with E-state index in [9.17, 15) is 18.0 Å². The van der Waals surface area contributed by atoms with E-state index < -0.39 is 11.7 Å². The average Bonchev–Trinajstić information content (AvgIpc) is 3.37. The number of carbonyl (C=O) groups is 1. The minimum atomic E-state index is -4.34. The molecule has 2 aliphatic rings. The number of nitrogens with zero attached hydrogens (tertiary/aromatic N) is 1. The molecule has 1 saturated heterocycles. The molecular weight excluding hydrogens is 317 g/mol. The van der Waals surface area contributed by atoms with Gasteiger partial charge in [-0.15, -0.1) is 0 Å². The van der Waals surface area contributed by atoms with Gasteiger partial charge < -0.3 is 10.2 Å². The standard InChI is InChI=1S/C18H23F3N2O/c19-18(20,21)15-5-3-13(4-6-15)11-17(24)23-9-7-16(8-10-23)22-12-14-1-2-14/h3-6,14,16,22H,1-2,7-12H2. The Balaban J connectivity index is 1.45. The lowest BCUT2D eigenvalue weighted by atomic mass is 10.0. The van der Waals surface area contributed by atoms with Gasteiger partial charge in [0, 0.05) is 19.1 Å². The largest absolute Gasteiger partial charge is 0.416 e. The van der Waals surface area contributed by atoms with Crippen molar-refractivity contribution in [2.45, 2.75) is 44.3 Å². The van der Waals surface area contributed by atoms with E-state index in [-0.39, 0.29) is 12.3 Å². The van der Waals surface area contributed by atoms with Gasteiger partial charge in [-0.1, -0.05) is 12.1 Å². The number of amides is 1. The molecule has 0 aromatic heterocycles. The number of carbonyl (C=O) groups excluding carboxylic acids is 1. The van der Waals surface area contributed by atoms with E-state index in [1.54, 1.807) is 0 Å². The Hall–Kier alpha value is -1.56. The highest BCUT2D eigenvalue weighted by Gasteiger charge is 2.30. The Morgan fingerprint density at radius 3 is 2.25 bits per heavy atom. The molecule has 3 nitrogen and oxygen atoms in total. The first-order valence-corrected chi connectivity index (χ1v) is 8.59. The van der Waals surface area contributed by atoms with Crippen molar-refractivity contribution in [3.8, 4) is 0 Å². The summed E-state index contributed by atoms with van der Waals surface area (Å²) in [5, 5.41) is 3.57. The van der Waals surface area contributed by atoms with E-state index in [4.69, 9.17) is 0 Å². The zero-order valence-electron chi connectivity index (χ0n) is 13.6. The van der Waals surface area contributed by atoms with Crippen molar-refractivity contribution in [1.29, 1.82) is 0 Å². The highest BCUT2D eigenvalue weighted by Crippen LogP contribution is 2.29. The summed E-state index contributed by atoms with van der Waals surface area (Å²) in [6.45, 7) is 2.54. The van der Waals surface area contributed by atoms with Crippen LogP contribution in [0.25, 0.3) is 0 Å². The molecule has 0 spiro atoms. The lowest BCUT2D eigenvalue weighted by Gasteiger charge is -2.32. The van der Waals surface area contributed by atoms with Crippen LogP contribution in [0, 0.1) is 5.92 Å². The summed E-state index contributed by atoms with van der Waals surface area (Å²) in [5.74, 6) is 0.847. The van der Waals surface area contributed by atoms with Crippen LogP contribution in [0.15, 0.2) is 24.3 Å². The Labute approximate surface area is 140 Å². The molecule has 1 aliphatic carbocycles. The maximum Gasteiger partial charge on any atom is 0.416 e. The highest BCUT2D eigenvalue weighted by molar-refractivity contribution is 5.78. The fourth-order valence-corrected chi connectivity index (χ4v) is 3.09. The molecule has 132 valence electrons. The van der Waals surface area contributed by atoms with Crippen LogP contribution in [-0.4, -0.2) is 36.5 Å². The second-order valence-corrected chi connectivity index (χ2v) is 6.88. The van der Waals surface area contributed by atoms with Gasteiger partial charge in [-0.2, -0.15) is 13.2 Å². The Kier molecular flexibility index (Phi) is 5.13. The van der Waals surface area contributed by atoms with Crippen molar-refractivity contribution < 1.29 is 18.0 Å². The number of likely N-dealkylation sites (tertiary alicyclic amines) is 1. The van der Waals surface area contributed by atoms with Gasteiger partial charge in [0.05, 0.1) is 12.0 Å². The van der Waals surface area contributed by atoms with Crippen LogP contribution in [-0.2, 0) is 17.4 Å². The maximum absolute atomic E-state index is 12.5. The van der Waals surface area contributed by atoms with Crippen molar-refractivity contribution in [3.05, 3.63) is 35.4 Å². The predicted octanol–water partition coefficient (Wildman–Crippen LogP) is 3.24. The summed E-state index contributed by atoms with van der Waals surface area (Å²) in [7, 11) is 0. The van der Waals surface area contributed by atoms with E-state index in [0.29, 0.717) is 11.6 Å². The molecule has 0 radical (unpaired) electrons. The molecule has 24 heavy (non-hydrogen) atoms. The molecule has 1 saturated carbocycles. The number of rotatable bonds is 5. The van der Waals surface area contributed by atoms with Crippen molar-refractivity contribution in [1.82, 2.24) is 10.2 Å². The summed E-state index contributed by atoms with van der Waals surface area (Å²) in [5.41, 5.74) is -0.0526. The molecule has 6 heteroatoms. The molecule has 0 atom stereocenters. The number of benzene rings is 1. The normalized spacial score (nSPS) is 19.5. The van der Waals surface area contributed by atoms with E-state index in [1.165, 1.54) is 25.0 Å². The van der Waals surface area contributed by atoms with Gasteiger partial charge >= 0.3 is 6.18 Å². The molecule has 1 heterocycles. The van der Waals surface area contributed by atoms with Crippen LogP contribution in [0.2, 0.25) is 0 Å². The molecule has 1 aliphatic heterocycles. The summed E-state index contributed by atoms with van der Waals surface area (Å²) in [6, 6.07) is 5.35. The van der Waals surface area contributed by atoms with Gasteiger partial charge in [-0.3, -0.25) is 4.79 Å². The molecule has 1 aromatic rings. The third kappa shape index (κ3) is 4.72. The van der Waals surface area contributed by atoms with Gasteiger partial charge in [0.2, 0.25) is 5.91 Å². The molecule has 0 bridgehead atoms. The van der Waals surface area contributed by atoms with Crippen molar-refractivity contribution in [2.24, 2.45) is 5.92 Å². The van der Waals surface area contributed by atoms with Crippen molar-refractivity contribution in [3.63, 3.8) is 0 Å². The Morgan fingerprint density at radius 2 is 1.71 bits per heavy atom. The Morgan fingerprint density at radius 1 is 1.08 bits per heavy atom. The van der Waals surface area contributed by atoms with Gasteiger partial charge in [0.25, 0.3) is 0 Å². The number of piperidine rings is 1. The zero-order valence-corrected chi connectivity index (χ0v) is 13.6. The second kappa shape index (κ2) is 7.13. The third-order valence-electron chi connectivity index (χ3n) is 4.88. The topological polar surface area (TPSA) is 32.3 Å². The first kappa shape index (κ1) is 17.3. The summed E-state index contributed by atoms with van der Waals surface area (Å²) >= 11 is 0. The van der Waals surface area contributed by atoms with Crippen LogP contribution in [0.5, 0.6) is 0 Å².